The number of hydrogen-bond donors (Lipinski definition) is 1. The minimum Gasteiger partial charge on any atom is -0.398 e. The molecule has 2 aromatic rings. The number of anilines is 1. The molecule has 2 rings (SSSR count). The van der Waals surface area contributed by atoms with Crippen molar-refractivity contribution in [2.45, 2.75) is 0 Å². The Hall–Kier alpha value is -1.90. The predicted molar refractivity (Wildman–Crippen MR) is 51.5 cm³/mol. The number of nitrogens with two attached hydrogens (primary N) is 1. The second kappa shape index (κ2) is 2.86. The summed E-state index contributed by atoms with van der Waals surface area (Å²) in [5.74, 6) is 0. The second-order valence-corrected chi connectivity index (χ2v) is 2.76. The van der Waals surface area contributed by atoms with Gasteiger partial charge in [0.05, 0.1) is 5.52 Å². The van der Waals surface area contributed by atoms with Crippen LogP contribution in [-0.2, 0) is 0 Å². The molecule has 1 aromatic heterocycles. The summed E-state index contributed by atoms with van der Waals surface area (Å²) in [6, 6.07) is 7.12. The third-order valence-corrected chi connectivity index (χ3v) is 1.98. The topological polar surface area (TPSA) is 56.0 Å². The fraction of sp³-hybridized carbons (Fsp3) is 0. The van der Waals surface area contributed by atoms with Crippen LogP contribution < -0.4 is 5.73 Å². The molecular formula is C10H8N2O. The number of rotatable bonds is 1. The molecule has 0 bridgehead atoms. The van der Waals surface area contributed by atoms with Gasteiger partial charge < -0.3 is 5.73 Å². The first kappa shape index (κ1) is 7.73. The van der Waals surface area contributed by atoms with Gasteiger partial charge in [-0.05, 0) is 18.2 Å². The Labute approximate surface area is 75.2 Å². The summed E-state index contributed by atoms with van der Waals surface area (Å²) in [6.45, 7) is 0. The smallest absolute Gasteiger partial charge is 0.152 e. The summed E-state index contributed by atoms with van der Waals surface area (Å²) < 4.78 is 0. The Morgan fingerprint density at radius 2 is 2.15 bits per heavy atom. The van der Waals surface area contributed by atoms with Gasteiger partial charge in [0.2, 0.25) is 0 Å². The molecule has 13 heavy (non-hydrogen) atoms. The van der Waals surface area contributed by atoms with Gasteiger partial charge in [-0.25, -0.2) is 0 Å². The van der Waals surface area contributed by atoms with Gasteiger partial charge in [0.1, 0.15) is 0 Å². The first-order valence-electron chi connectivity index (χ1n) is 3.91. The van der Waals surface area contributed by atoms with E-state index in [4.69, 9.17) is 5.73 Å². The second-order valence-electron chi connectivity index (χ2n) is 2.76. The Morgan fingerprint density at radius 1 is 1.31 bits per heavy atom. The average molecular weight is 172 g/mol. The normalized spacial score (nSPS) is 10.2. The molecule has 0 unspecified atom stereocenters. The molecule has 0 saturated heterocycles. The molecular weight excluding hydrogens is 164 g/mol. The van der Waals surface area contributed by atoms with E-state index in [1.54, 1.807) is 24.4 Å². The van der Waals surface area contributed by atoms with Crippen molar-refractivity contribution in [1.29, 1.82) is 0 Å². The van der Waals surface area contributed by atoms with Gasteiger partial charge in [-0.2, -0.15) is 0 Å². The Bertz CT molecular complexity index is 465. The standard InChI is InChI=1S/C10H8N2O/c11-9-3-4-10-7(8(9)6-13)2-1-5-12-10/h1-6H,11H2. The largest absolute Gasteiger partial charge is 0.398 e. The van der Waals surface area contributed by atoms with E-state index in [2.05, 4.69) is 4.98 Å². The SMILES string of the molecule is Nc1ccc2ncccc2c1C=O. The maximum atomic E-state index is 10.7. The van der Waals surface area contributed by atoms with Crippen LogP contribution in [0.5, 0.6) is 0 Å². The number of fused-ring (bicyclic) bond motifs is 1. The minimum atomic E-state index is 0.496. The van der Waals surface area contributed by atoms with E-state index in [-0.39, 0.29) is 0 Å². The van der Waals surface area contributed by atoms with Crippen molar-refractivity contribution in [2.75, 3.05) is 5.73 Å². The summed E-state index contributed by atoms with van der Waals surface area (Å²) in [5.41, 5.74) is 7.44. The molecule has 64 valence electrons. The molecule has 0 saturated carbocycles. The monoisotopic (exact) mass is 172 g/mol. The van der Waals surface area contributed by atoms with E-state index in [1.165, 1.54) is 0 Å². The number of carbonyl (C=O) groups excluding carboxylic acids is 1. The molecule has 0 atom stereocenters. The molecule has 0 aliphatic rings. The lowest BCUT2D eigenvalue weighted by Gasteiger charge is -2.02. The first-order chi connectivity index (χ1) is 6.33. The fourth-order valence-corrected chi connectivity index (χ4v) is 1.32. The molecule has 3 nitrogen and oxygen atoms in total. The Kier molecular flexibility index (Phi) is 1.70. The summed E-state index contributed by atoms with van der Waals surface area (Å²) in [6.07, 6.45) is 2.45. The van der Waals surface area contributed by atoms with E-state index in [0.29, 0.717) is 11.3 Å². The highest BCUT2D eigenvalue weighted by molar-refractivity contribution is 6.01. The third-order valence-electron chi connectivity index (χ3n) is 1.98. The van der Waals surface area contributed by atoms with Crippen LogP contribution in [0.2, 0.25) is 0 Å². The van der Waals surface area contributed by atoms with Gasteiger partial charge in [0, 0.05) is 22.8 Å². The zero-order valence-electron chi connectivity index (χ0n) is 6.90. The molecule has 3 heteroatoms. The maximum absolute atomic E-state index is 10.7. The molecule has 0 amide bonds. The number of aldehydes is 1. The van der Waals surface area contributed by atoms with Crippen molar-refractivity contribution in [1.82, 2.24) is 4.98 Å². The number of pyridine rings is 1. The first-order valence-corrected chi connectivity index (χ1v) is 3.91. The van der Waals surface area contributed by atoms with Crippen LogP contribution in [0.4, 0.5) is 5.69 Å². The van der Waals surface area contributed by atoms with Gasteiger partial charge >= 0.3 is 0 Å². The number of nitrogen functional groups attached to an aromatic ring is 1. The van der Waals surface area contributed by atoms with E-state index in [0.717, 1.165) is 17.2 Å². The van der Waals surface area contributed by atoms with Crippen molar-refractivity contribution in [3.8, 4) is 0 Å². The molecule has 0 radical (unpaired) electrons. The van der Waals surface area contributed by atoms with Crippen LogP contribution in [0.3, 0.4) is 0 Å². The lowest BCUT2D eigenvalue weighted by Crippen LogP contribution is -1.94. The van der Waals surface area contributed by atoms with E-state index < -0.39 is 0 Å². The average Bonchev–Trinajstić information content (AvgIpc) is 2.18. The summed E-state index contributed by atoms with van der Waals surface area (Å²) in [4.78, 5) is 14.9. The quantitative estimate of drug-likeness (QED) is 0.525. The van der Waals surface area contributed by atoms with Crippen molar-refractivity contribution in [3.05, 3.63) is 36.0 Å². The molecule has 1 heterocycles. The summed E-state index contributed by atoms with van der Waals surface area (Å²) in [7, 11) is 0. The molecule has 2 N–H and O–H groups in total. The predicted octanol–water partition coefficient (Wildman–Crippen LogP) is 1.63. The van der Waals surface area contributed by atoms with Crippen molar-refractivity contribution < 1.29 is 4.79 Å². The van der Waals surface area contributed by atoms with Crippen molar-refractivity contribution >= 4 is 22.9 Å². The summed E-state index contributed by atoms with van der Waals surface area (Å²) >= 11 is 0. The van der Waals surface area contributed by atoms with Gasteiger partial charge in [0.25, 0.3) is 0 Å². The van der Waals surface area contributed by atoms with Crippen LogP contribution in [0.25, 0.3) is 10.9 Å². The fourth-order valence-electron chi connectivity index (χ4n) is 1.32. The molecule has 1 aromatic carbocycles. The maximum Gasteiger partial charge on any atom is 0.152 e. The van der Waals surface area contributed by atoms with Crippen LogP contribution in [0.1, 0.15) is 10.4 Å². The van der Waals surface area contributed by atoms with Crippen LogP contribution in [-0.4, -0.2) is 11.3 Å². The number of nitrogens with zero attached hydrogens (tertiary/aromatic N) is 1. The zero-order valence-corrected chi connectivity index (χ0v) is 6.90. The molecule has 0 fully saturated rings. The number of benzene rings is 1. The number of hydrogen-bond acceptors (Lipinski definition) is 3. The molecule has 0 spiro atoms. The number of carbonyl (C=O) groups is 1. The van der Waals surface area contributed by atoms with E-state index in [9.17, 15) is 4.79 Å². The summed E-state index contributed by atoms with van der Waals surface area (Å²) in [5, 5.41) is 0.803. The van der Waals surface area contributed by atoms with Crippen molar-refractivity contribution in [2.24, 2.45) is 0 Å². The van der Waals surface area contributed by atoms with Crippen LogP contribution in [0, 0.1) is 0 Å². The van der Waals surface area contributed by atoms with Gasteiger partial charge in [0.15, 0.2) is 6.29 Å². The van der Waals surface area contributed by atoms with Gasteiger partial charge in [-0.15, -0.1) is 0 Å². The molecule has 0 aliphatic carbocycles. The Morgan fingerprint density at radius 3 is 2.92 bits per heavy atom. The number of aromatic nitrogens is 1. The lowest BCUT2D eigenvalue weighted by molar-refractivity contribution is 0.112. The van der Waals surface area contributed by atoms with Crippen LogP contribution in [0.15, 0.2) is 30.5 Å². The Balaban J connectivity index is 2.91. The highest BCUT2D eigenvalue weighted by atomic mass is 16.1. The third kappa shape index (κ3) is 1.14. The van der Waals surface area contributed by atoms with E-state index in [1.807, 2.05) is 6.07 Å². The highest BCUT2D eigenvalue weighted by Crippen LogP contribution is 2.20. The van der Waals surface area contributed by atoms with Gasteiger partial charge in [-0.3, -0.25) is 9.78 Å². The molecule has 0 aliphatic heterocycles. The van der Waals surface area contributed by atoms with E-state index >= 15 is 0 Å². The van der Waals surface area contributed by atoms with Crippen LogP contribution >= 0.6 is 0 Å². The highest BCUT2D eigenvalue weighted by Gasteiger charge is 2.03. The lowest BCUT2D eigenvalue weighted by atomic mass is 10.1. The minimum absolute atomic E-state index is 0.496. The van der Waals surface area contributed by atoms with Gasteiger partial charge in [-0.1, -0.05) is 6.07 Å². The zero-order chi connectivity index (χ0) is 9.26. The van der Waals surface area contributed by atoms with Crippen molar-refractivity contribution in [3.63, 3.8) is 0 Å².